The fourth-order valence-corrected chi connectivity index (χ4v) is 4.65. The molecule has 2 nitrogen and oxygen atoms in total. The van der Waals surface area contributed by atoms with Crippen LogP contribution in [0.5, 0.6) is 0 Å². The zero-order valence-corrected chi connectivity index (χ0v) is 12.6. The minimum Gasteiger partial charge on any atom is -0.271 e. The van der Waals surface area contributed by atoms with Crippen LogP contribution in [0.15, 0.2) is 35.7 Å². The molecule has 2 heterocycles. The second-order valence-corrected chi connectivity index (χ2v) is 6.88. The molecule has 0 fully saturated rings. The van der Waals surface area contributed by atoms with Gasteiger partial charge >= 0.3 is 0 Å². The van der Waals surface area contributed by atoms with E-state index in [9.17, 15) is 0 Å². The van der Waals surface area contributed by atoms with E-state index >= 15 is 0 Å². The molecule has 0 amide bonds. The van der Waals surface area contributed by atoms with Crippen molar-refractivity contribution < 1.29 is 0 Å². The van der Waals surface area contributed by atoms with Crippen LogP contribution < -0.4 is 11.3 Å². The lowest BCUT2D eigenvalue weighted by molar-refractivity contribution is 0.646. The van der Waals surface area contributed by atoms with E-state index in [2.05, 4.69) is 55.0 Å². The summed E-state index contributed by atoms with van der Waals surface area (Å²) in [7, 11) is 0. The van der Waals surface area contributed by atoms with Crippen LogP contribution in [-0.2, 0) is 0 Å². The molecule has 3 rings (SSSR count). The maximum atomic E-state index is 5.79. The molecule has 19 heavy (non-hydrogen) atoms. The summed E-state index contributed by atoms with van der Waals surface area (Å²) >= 11 is 3.59. The summed E-state index contributed by atoms with van der Waals surface area (Å²) in [5, 5.41) is 2.13. The van der Waals surface area contributed by atoms with Crippen LogP contribution >= 0.6 is 22.7 Å². The van der Waals surface area contributed by atoms with Gasteiger partial charge in [-0.15, -0.1) is 22.7 Å². The molecule has 0 radical (unpaired) electrons. The molecule has 0 saturated carbocycles. The summed E-state index contributed by atoms with van der Waals surface area (Å²) in [5.41, 5.74) is 6.73. The summed E-state index contributed by atoms with van der Waals surface area (Å²) in [6, 6.07) is 11.1. The van der Waals surface area contributed by atoms with Crippen molar-refractivity contribution in [2.75, 3.05) is 0 Å². The van der Waals surface area contributed by atoms with E-state index in [4.69, 9.17) is 5.84 Å². The summed E-state index contributed by atoms with van der Waals surface area (Å²) in [6.45, 7) is 4.24. The van der Waals surface area contributed by atoms with Crippen molar-refractivity contribution in [1.82, 2.24) is 5.43 Å². The molecule has 0 aliphatic carbocycles. The van der Waals surface area contributed by atoms with Crippen molar-refractivity contribution >= 4 is 32.1 Å². The molecule has 3 N–H and O–H groups in total. The average Bonchev–Trinajstić information content (AvgIpc) is 2.89. The maximum Gasteiger partial charge on any atom is 0.0803 e. The van der Waals surface area contributed by atoms with Gasteiger partial charge in [0.25, 0.3) is 0 Å². The number of benzene rings is 1. The molecule has 3 aromatic rings. The summed E-state index contributed by atoms with van der Waals surface area (Å²) in [4.78, 5) is 1.27. The number of nitrogens with one attached hydrogen (secondary N) is 1. The lowest BCUT2D eigenvalue weighted by Crippen LogP contribution is -2.28. The second-order valence-electron chi connectivity index (χ2n) is 4.82. The standard InChI is InChI=1S/C15H16N2S2/c1-9-5-10(2)7-11(6-9)15(17-16)14-8-13-12(19-14)3-4-18-13/h3-8,15,17H,16H2,1-2H3. The van der Waals surface area contributed by atoms with Gasteiger partial charge in [0, 0.05) is 14.3 Å². The number of aryl methyl sites for hydroxylation is 2. The van der Waals surface area contributed by atoms with Gasteiger partial charge < -0.3 is 0 Å². The minimum atomic E-state index is 0.0724. The summed E-state index contributed by atoms with van der Waals surface area (Å²) in [5.74, 6) is 5.79. The predicted molar refractivity (Wildman–Crippen MR) is 84.8 cm³/mol. The fourth-order valence-electron chi connectivity index (χ4n) is 2.45. The number of hydrogen-bond acceptors (Lipinski definition) is 4. The Hall–Kier alpha value is -1.20. The van der Waals surface area contributed by atoms with Crippen LogP contribution in [0.1, 0.15) is 27.6 Å². The molecule has 1 aromatic carbocycles. The van der Waals surface area contributed by atoms with E-state index in [1.54, 1.807) is 11.3 Å². The Bertz CT molecular complexity index is 663. The van der Waals surface area contributed by atoms with E-state index in [0.29, 0.717) is 0 Å². The van der Waals surface area contributed by atoms with Crippen LogP contribution in [0.2, 0.25) is 0 Å². The van der Waals surface area contributed by atoms with Crippen molar-refractivity contribution in [2.24, 2.45) is 5.84 Å². The fraction of sp³-hybridized carbons (Fsp3) is 0.200. The molecule has 4 heteroatoms. The summed E-state index contributed by atoms with van der Waals surface area (Å²) in [6.07, 6.45) is 0. The van der Waals surface area contributed by atoms with E-state index in [-0.39, 0.29) is 6.04 Å². The zero-order chi connectivity index (χ0) is 13.4. The lowest BCUT2D eigenvalue weighted by atomic mass is 10.0. The van der Waals surface area contributed by atoms with Gasteiger partial charge in [-0.3, -0.25) is 5.84 Å². The van der Waals surface area contributed by atoms with Crippen LogP contribution in [0.4, 0.5) is 0 Å². The van der Waals surface area contributed by atoms with Crippen molar-refractivity contribution in [1.29, 1.82) is 0 Å². The first-order chi connectivity index (χ1) is 9.17. The zero-order valence-electron chi connectivity index (χ0n) is 10.9. The van der Waals surface area contributed by atoms with Crippen molar-refractivity contribution in [2.45, 2.75) is 19.9 Å². The van der Waals surface area contributed by atoms with Crippen LogP contribution in [0.3, 0.4) is 0 Å². The van der Waals surface area contributed by atoms with E-state index < -0.39 is 0 Å². The molecular weight excluding hydrogens is 272 g/mol. The topological polar surface area (TPSA) is 38.0 Å². The Labute approximate surface area is 120 Å². The Morgan fingerprint density at radius 3 is 2.42 bits per heavy atom. The van der Waals surface area contributed by atoms with E-state index in [1.807, 2.05) is 11.3 Å². The number of nitrogens with two attached hydrogens (primary N) is 1. The third-order valence-electron chi connectivity index (χ3n) is 3.19. The normalized spacial score (nSPS) is 13.0. The lowest BCUT2D eigenvalue weighted by Gasteiger charge is -2.16. The Kier molecular flexibility index (Phi) is 3.41. The van der Waals surface area contributed by atoms with Gasteiger partial charge in [0.15, 0.2) is 0 Å². The first-order valence-electron chi connectivity index (χ1n) is 6.18. The van der Waals surface area contributed by atoms with Gasteiger partial charge in [-0.25, -0.2) is 5.43 Å². The molecule has 0 spiro atoms. The van der Waals surface area contributed by atoms with Gasteiger partial charge in [-0.1, -0.05) is 29.3 Å². The molecule has 0 aliphatic heterocycles. The van der Waals surface area contributed by atoms with E-state index in [0.717, 1.165) is 0 Å². The van der Waals surface area contributed by atoms with Gasteiger partial charge in [0.05, 0.1) is 6.04 Å². The molecule has 1 atom stereocenters. The van der Waals surface area contributed by atoms with Gasteiger partial charge in [0.2, 0.25) is 0 Å². The first-order valence-corrected chi connectivity index (χ1v) is 7.88. The van der Waals surface area contributed by atoms with Crippen LogP contribution in [-0.4, -0.2) is 0 Å². The highest BCUT2D eigenvalue weighted by molar-refractivity contribution is 7.27. The van der Waals surface area contributed by atoms with Crippen molar-refractivity contribution in [3.8, 4) is 0 Å². The number of hydrazine groups is 1. The molecular formula is C15H16N2S2. The number of fused-ring (bicyclic) bond motifs is 1. The Morgan fingerprint density at radius 2 is 1.79 bits per heavy atom. The van der Waals surface area contributed by atoms with Crippen LogP contribution in [0, 0.1) is 13.8 Å². The van der Waals surface area contributed by atoms with Crippen molar-refractivity contribution in [3.05, 3.63) is 57.3 Å². The average molecular weight is 288 g/mol. The predicted octanol–water partition coefficient (Wildman–Crippen LogP) is 4.13. The molecule has 2 aromatic heterocycles. The highest BCUT2D eigenvalue weighted by Crippen LogP contribution is 2.35. The Morgan fingerprint density at radius 1 is 1.05 bits per heavy atom. The van der Waals surface area contributed by atoms with E-state index in [1.165, 1.54) is 31.0 Å². The molecule has 0 aliphatic rings. The van der Waals surface area contributed by atoms with Crippen LogP contribution in [0.25, 0.3) is 9.40 Å². The summed E-state index contributed by atoms with van der Waals surface area (Å²) < 4.78 is 2.68. The SMILES string of the molecule is Cc1cc(C)cc(C(NN)c2cc3sccc3s2)c1. The third-order valence-corrected chi connectivity index (χ3v) is 5.35. The molecule has 0 bridgehead atoms. The molecule has 98 valence electrons. The highest BCUT2D eigenvalue weighted by atomic mass is 32.1. The van der Waals surface area contributed by atoms with Crippen molar-refractivity contribution in [3.63, 3.8) is 0 Å². The second kappa shape index (κ2) is 5.06. The minimum absolute atomic E-state index is 0.0724. The number of hydrogen-bond donors (Lipinski definition) is 2. The number of rotatable bonds is 3. The molecule has 1 unspecified atom stereocenters. The first kappa shape index (κ1) is 12.8. The van der Waals surface area contributed by atoms with Gasteiger partial charge in [-0.2, -0.15) is 0 Å². The largest absolute Gasteiger partial charge is 0.271 e. The monoisotopic (exact) mass is 288 g/mol. The highest BCUT2D eigenvalue weighted by Gasteiger charge is 2.16. The van der Waals surface area contributed by atoms with Gasteiger partial charge in [0.1, 0.15) is 0 Å². The Balaban J connectivity index is 2.06. The quantitative estimate of drug-likeness (QED) is 0.561. The third kappa shape index (κ3) is 2.44. The number of thiophene rings is 2. The molecule has 0 saturated heterocycles. The maximum absolute atomic E-state index is 5.79. The van der Waals surface area contributed by atoms with Gasteiger partial charge in [-0.05, 0) is 36.9 Å². The smallest absolute Gasteiger partial charge is 0.0803 e.